The van der Waals surface area contributed by atoms with E-state index in [0.29, 0.717) is 4.34 Å². The van der Waals surface area contributed by atoms with Crippen LogP contribution >= 0.6 is 22.9 Å². The van der Waals surface area contributed by atoms with Crippen LogP contribution in [0.25, 0.3) is 0 Å². The van der Waals surface area contributed by atoms with Gasteiger partial charge in [-0.3, -0.25) is 4.79 Å². The highest BCUT2D eigenvalue weighted by molar-refractivity contribution is 7.16. The molecular formula is C16H18ClNO3S. The van der Waals surface area contributed by atoms with Crippen molar-refractivity contribution in [2.75, 3.05) is 13.7 Å². The van der Waals surface area contributed by atoms with Gasteiger partial charge in [-0.25, -0.2) is 0 Å². The van der Waals surface area contributed by atoms with Crippen molar-refractivity contribution in [2.24, 2.45) is 0 Å². The molecule has 2 unspecified atom stereocenters. The number of amides is 1. The molecular weight excluding hydrogens is 322 g/mol. The predicted octanol–water partition coefficient (Wildman–Crippen LogP) is 3.36. The van der Waals surface area contributed by atoms with Gasteiger partial charge in [-0.1, -0.05) is 23.7 Å². The van der Waals surface area contributed by atoms with E-state index in [1.54, 1.807) is 37.4 Å². The average Bonchev–Trinajstić information content (AvgIpc) is 2.98. The molecule has 0 radical (unpaired) electrons. The summed E-state index contributed by atoms with van der Waals surface area (Å²) in [6.07, 6.45) is -0.756. The molecule has 6 heteroatoms. The largest absolute Gasteiger partial charge is 0.497 e. The van der Waals surface area contributed by atoms with Crippen LogP contribution in [0.15, 0.2) is 36.4 Å². The zero-order valence-electron chi connectivity index (χ0n) is 12.4. The quantitative estimate of drug-likeness (QED) is 0.848. The summed E-state index contributed by atoms with van der Waals surface area (Å²) in [4.78, 5) is 13.0. The lowest BCUT2D eigenvalue weighted by molar-refractivity contribution is -0.122. The number of carbonyl (C=O) groups is 1. The third-order valence-corrected chi connectivity index (χ3v) is 4.80. The van der Waals surface area contributed by atoms with E-state index in [0.717, 1.165) is 16.2 Å². The standard InChI is InChI=1S/C16H18ClNO3S/c1-10(14-7-8-15(17)22-14)16(20)18-9-13(19)11-3-5-12(21-2)6-4-11/h3-8,10,13,19H,9H2,1-2H3,(H,18,20). The zero-order chi connectivity index (χ0) is 16.1. The monoisotopic (exact) mass is 339 g/mol. The summed E-state index contributed by atoms with van der Waals surface area (Å²) in [7, 11) is 1.59. The fourth-order valence-corrected chi connectivity index (χ4v) is 3.10. The van der Waals surface area contributed by atoms with Crippen molar-refractivity contribution in [3.05, 3.63) is 51.2 Å². The molecule has 2 aromatic rings. The molecule has 1 aromatic heterocycles. The van der Waals surface area contributed by atoms with E-state index in [4.69, 9.17) is 16.3 Å². The molecule has 118 valence electrons. The Morgan fingerprint density at radius 2 is 2.00 bits per heavy atom. The Morgan fingerprint density at radius 3 is 2.55 bits per heavy atom. The minimum atomic E-state index is -0.756. The molecule has 0 bridgehead atoms. The molecule has 0 aliphatic heterocycles. The molecule has 2 N–H and O–H groups in total. The first-order chi connectivity index (χ1) is 10.5. The molecule has 1 amide bonds. The van der Waals surface area contributed by atoms with E-state index in [-0.39, 0.29) is 18.4 Å². The van der Waals surface area contributed by atoms with E-state index in [1.807, 2.05) is 13.0 Å². The Hall–Kier alpha value is -1.56. The zero-order valence-corrected chi connectivity index (χ0v) is 13.9. The Balaban J connectivity index is 1.89. The number of thiophene rings is 1. The van der Waals surface area contributed by atoms with E-state index in [2.05, 4.69) is 5.32 Å². The van der Waals surface area contributed by atoms with Gasteiger partial charge in [-0.2, -0.15) is 0 Å². The summed E-state index contributed by atoms with van der Waals surface area (Å²) in [5.41, 5.74) is 0.730. The summed E-state index contributed by atoms with van der Waals surface area (Å²) in [6, 6.07) is 10.7. The number of hydrogen-bond acceptors (Lipinski definition) is 4. The number of methoxy groups -OCH3 is 1. The number of halogens is 1. The van der Waals surface area contributed by atoms with Crippen molar-refractivity contribution in [1.29, 1.82) is 0 Å². The average molecular weight is 340 g/mol. The minimum Gasteiger partial charge on any atom is -0.497 e. The highest BCUT2D eigenvalue weighted by Gasteiger charge is 2.18. The SMILES string of the molecule is COc1ccc(C(O)CNC(=O)C(C)c2ccc(Cl)s2)cc1. The summed E-state index contributed by atoms with van der Waals surface area (Å²) >= 11 is 7.27. The van der Waals surface area contributed by atoms with E-state index < -0.39 is 6.10 Å². The number of aliphatic hydroxyl groups is 1. The molecule has 0 saturated heterocycles. The smallest absolute Gasteiger partial charge is 0.228 e. The highest BCUT2D eigenvalue weighted by Crippen LogP contribution is 2.28. The van der Waals surface area contributed by atoms with Crippen molar-refractivity contribution in [3.8, 4) is 5.75 Å². The Morgan fingerprint density at radius 1 is 1.32 bits per heavy atom. The van der Waals surface area contributed by atoms with Gasteiger partial charge in [0.25, 0.3) is 0 Å². The lowest BCUT2D eigenvalue weighted by Gasteiger charge is -2.15. The lowest BCUT2D eigenvalue weighted by Crippen LogP contribution is -2.31. The number of rotatable bonds is 6. The maximum atomic E-state index is 12.1. The van der Waals surface area contributed by atoms with Crippen LogP contribution < -0.4 is 10.1 Å². The van der Waals surface area contributed by atoms with Crippen LogP contribution in [-0.4, -0.2) is 24.7 Å². The number of ether oxygens (including phenoxy) is 1. The maximum absolute atomic E-state index is 12.1. The van der Waals surface area contributed by atoms with Gasteiger partial charge in [0.15, 0.2) is 0 Å². The molecule has 2 atom stereocenters. The molecule has 4 nitrogen and oxygen atoms in total. The molecule has 0 aliphatic rings. The molecule has 1 aromatic carbocycles. The van der Waals surface area contributed by atoms with Crippen molar-refractivity contribution in [2.45, 2.75) is 18.9 Å². The highest BCUT2D eigenvalue weighted by atomic mass is 35.5. The third-order valence-electron chi connectivity index (χ3n) is 3.38. The fraction of sp³-hybridized carbons (Fsp3) is 0.312. The maximum Gasteiger partial charge on any atom is 0.228 e. The Kier molecular flexibility index (Phi) is 5.83. The van der Waals surface area contributed by atoms with Crippen LogP contribution in [-0.2, 0) is 4.79 Å². The van der Waals surface area contributed by atoms with Crippen molar-refractivity contribution in [3.63, 3.8) is 0 Å². The van der Waals surface area contributed by atoms with Crippen molar-refractivity contribution < 1.29 is 14.6 Å². The van der Waals surface area contributed by atoms with Crippen LogP contribution in [0.1, 0.15) is 29.4 Å². The summed E-state index contributed by atoms with van der Waals surface area (Å²) in [5.74, 6) is 0.301. The van der Waals surface area contributed by atoms with Gasteiger partial charge < -0.3 is 15.2 Å². The van der Waals surface area contributed by atoms with Gasteiger partial charge in [0.2, 0.25) is 5.91 Å². The Labute approximate surface area is 138 Å². The van der Waals surface area contributed by atoms with Crippen LogP contribution in [0.4, 0.5) is 0 Å². The Bertz CT molecular complexity index is 627. The van der Waals surface area contributed by atoms with Gasteiger partial charge in [0, 0.05) is 11.4 Å². The van der Waals surface area contributed by atoms with Crippen molar-refractivity contribution in [1.82, 2.24) is 5.32 Å². The van der Waals surface area contributed by atoms with Crippen LogP contribution in [0, 0.1) is 0 Å². The van der Waals surface area contributed by atoms with Crippen LogP contribution in [0.2, 0.25) is 4.34 Å². The van der Waals surface area contributed by atoms with Gasteiger partial charge in [-0.05, 0) is 36.8 Å². The number of hydrogen-bond donors (Lipinski definition) is 2. The van der Waals surface area contributed by atoms with E-state index in [1.165, 1.54) is 11.3 Å². The lowest BCUT2D eigenvalue weighted by atomic mass is 10.1. The molecule has 0 aliphatic carbocycles. The summed E-state index contributed by atoms with van der Waals surface area (Å²) in [5, 5.41) is 12.9. The first-order valence-corrected chi connectivity index (χ1v) is 8.05. The van der Waals surface area contributed by atoms with Crippen molar-refractivity contribution >= 4 is 28.8 Å². The number of aliphatic hydroxyl groups excluding tert-OH is 1. The minimum absolute atomic E-state index is 0.133. The van der Waals surface area contributed by atoms with Gasteiger partial charge >= 0.3 is 0 Å². The van der Waals surface area contributed by atoms with Crippen LogP contribution in [0.5, 0.6) is 5.75 Å². The predicted molar refractivity (Wildman–Crippen MR) is 88.7 cm³/mol. The molecule has 0 fully saturated rings. The van der Waals surface area contributed by atoms with Gasteiger partial charge in [0.1, 0.15) is 5.75 Å². The topological polar surface area (TPSA) is 58.6 Å². The number of carbonyl (C=O) groups excluding carboxylic acids is 1. The number of nitrogens with one attached hydrogen (secondary N) is 1. The summed E-state index contributed by atoms with van der Waals surface area (Å²) in [6.45, 7) is 1.98. The molecule has 1 heterocycles. The summed E-state index contributed by atoms with van der Waals surface area (Å²) < 4.78 is 5.73. The molecule has 2 rings (SSSR count). The fourth-order valence-electron chi connectivity index (χ4n) is 1.98. The third kappa shape index (κ3) is 4.22. The van der Waals surface area contributed by atoms with Gasteiger partial charge in [0.05, 0.1) is 23.5 Å². The second-order valence-electron chi connectivity index (χ2n) is 4.90. The van der Waals surface area contributed by atoms with E-state index >= 15 is 0 Å². The van der Waals surface area contributed by atoms with E-state index in [9.17, 15) is 9.90 Å². The molecule has 22 heavy (non-hydrogen) atoms. The normalized spacial score (nSPS) is 13.5. The first kappa shape index (κ1) is 16.8. The second-order valence-corrected chi connectivity index (χ2v) is 6.64. The molecule has 0 spiro atoms. The second kappa shape index (κ2) is 7.63. The first-order valence-electron chi connectivity index (χ1n) is 6.86. The number of benzene rings is 1. The van der Waals surface area contributed by atoms with Gasteiger partial charge in [-0.15, -0.1) is 11.3 Å². The molecule has 0 saturated carbocycles. The van der Waals surface area contributed by atoms with Crippen LogP contribution in [0.3, 0.4) is 0 Å².